The molecule has 106 valence electrons. The van der Waals surface area contributed by atoms with Gasteiger partial charge < -0.3 is 10.2 Å². The molecule has 0 saturated carbocycles. The standard InChI is InChI=1S/C15H22ClFN2/c1-4-15(5-2)10-19(11(3)9-18-15)12-6-7-14(17)13(16)8-12/h6-8,11,18H,4-5,9-10H2,1-3H3. The first-order chi connectivity index (χ1) is 9.01. The van der Waals surface area contributed by atoms with Crippen LogP contribution in [0, 0.1) is 5.82 Å². The van der Waals surface area contributed by atoms with Gasteiger partial charge in [0, 0.05) is 30.4 Å². The van der Waals surface area contributed by atoms with Crippen LogP contribution >= 0.6 is 11.6 Å². The van der Waals surface area contributed by atoms with Crippen LogP contribution in [0.1, 0.15) is 33.6 Å². The zero-order chi connectivity index (χ0) is 14.0. The van der Waals surface area contributed by atoms with E-state index < -0.39 is 0 Å². The van der Waals surface area contributed by atoms with Gasteiger partial charge in [-0.1, -0.05) is 25.4 Å². The Hall–Kier alpha value is -0.800. The Labute approximate surface area is 119 Å². The minimum atomic E-state index is -0.356. The van der Waals surface area contributed by atoms with Gasteiger partial charge in [-0.25, -0.2) is 4.39 Å². The molecule has 4 heteroatoms. The predicted octanol–water partition coefficient (Wildman–Crippen LogP) is 3.84. The fourth-order valence-electron chi connectivity index (χ4n) is 2.75. The Bertz CT molecular complexity index is 446. The van der Waals surface area contributed by atoms with Gasteiger partial charge in [0.2, 0.25) is 0 Å². The van der Waals surface area contributed by atoms with Crippen molar-refractivity contribution in [3.05, 3.63) is 29.0 Å². The molecular formula is C15H22ClFN2. The maximum Gasteiger partial charge on any atom is 0.141 e. The van der Waals surface area contributed by atoms with Crippen LogP contribution in [0.4, 0.5) is 10.1 Å². The highest BCUT2D eigenvalue weighted by Crippen LogP contribution is 2.29. The Kier molecular flexibility index (Phi) is 4.36. The normalized spacial score (nSPS) is 22.6. The molecule has 0 aliphatic carbocycles. The number of benzene rings is 1. The molecule has 0 radical (unpaired) electrons. The van der Waals surface area contributed by atoms with Crippen LogP contribution in [-0.2, 0) is 0 Å². The second-order valence-corrected chi connectivity index (χ2v) is 5.85. The predicted molar refractivity (Wildman–Crippen MR) is 79.5 cm³/mol. The average molecular weight is 285 g/mol. The lowest BCUT2D eigenvalue weighted by Crippen LogP contribution is -2.63. The Morgan fingerprint density at radius 2 is 2.11 bits per heavy atom. The lowest BCUT2D eigenvalue weighted by Gasteiger charge is -2.47. The summed E-state index contributed by atoms with van der Waals surface area (Å²) in [6, 6.07) is 5.38. The first-order valence-electron chi connectivity index (χ1n) is 6.98. The molecule has 0 aromatic heterocycles. The molecular weight excluding hydrogens is 263 g/mol. The van der Waals surface area contributed by atoms with E-state index in [0.717, 1.165) is 31.6 Å². The van der Waals surface area contributed by atoms with Gasteiger partial charge in [-0.15, -0.1) is 0 Å². The highest BCUT2D eigenvalue weighted by atomic mass is 35.5. The van der Waals surface area contributed by atoms with Gasteiger partial charge in [0.25, 0.3) is 0 Å². The lowest BCUT2D eigenvalue weighted by atomic mass is 9.88. The van der Waals surface area contributed by atoms with Crippen molar-refractivity contribution < 1.29 is 4.39 Å². The molecule has 2 rings (SSSR count). The molecule has 1 unspecified atom stereocenters. The van der Waals surface area contributed by atoms with Gasteiger partial charge in [-0.3, -0.25) is 0 Å². The van der Waals surface area contributed by atoms with Crippen LogP contribution in [-0.4, -0.2) is 24.7 Å². The van der Waals surface area contributed by atoms with Gasteiger partial charge in [0.1, 0.15) is 5.82 Å². The molecule has 19 heavy (non-hydrogen) atoms. The van der Waals surface area contributed by atoms with E-state index in [1.807, 2.05) is 6.07 Å². The van der Waals surface area contributed by atoms with E-state index in [1.54, 1.807) is 6.07 Å². The van der Waals surface area contributed by atoms with E-state index in [1.165, 1.54) is 6.07 Å². The van der Waals surface area contributed by atoms with Crippen molar-refractivity contribution in [3.8, 4) is 0 Å². The molecule has 1 saturated heterocycles. The highest BCUT2D eigenvalue weighted by Gasteiger charge is 2.35. The summed E-state index contributed by atoms with van der Waals surface area (Å²) in [6.45, 7) is 8.48. The first kappa shape index (κ1) is 14.6. The molecule has 1 aliphatic heterocycles. The summed E-state index contributed by atoms with van der Waals surface area (Å²) in [5.74, 6) is -0.356. The quantitative estimate of drug-likeness (QED) is 0.907. The van der Waals surface area contributed by atoms with Crippen molar-refractivity contribution in [2.24, 2.45) is 0 Å². The zero-order valence-electron chi connectivity index (χ0n) is 11.8. The van der Waals surface area contributed by atoms with Crippen LogP contribution < -0.4 is 10.2 Å². The molecule has 0 amide bonds. The van der Waals surface area contributed by atoms with Gasteiger partial charge >= 0.3 is 0 Å². The molecule has 2 nitrogen and oxygen atoms in total. The summed E-state index contributed by atoms with van der Waals surface area (Å²) in [6.07, 6.45) is 2.17. The summed E-state index contributed by atoms with van der Waals surface area (Å²) in [5, 5.41) is 3.85. The third kappa shape index (κ3) is 2.87. The maximum atomic E-state index is 13.3. The molecule has 1 aromatic rings. The average Bonchev–Trinajstić information content (AvgIpc) is 2.43. The number of nitrogens with one attached hydrogen (secondary N) is 1. The van der Waals surface area contributed by atoms with Crippen molar-refractivity contribution in [2.75, 3.05) is 18.0 Å². The largest absolute Gasteiger partial charge is 0.366 e. The second kappa shape index (κ2) is 5.68. The minimum Gasteiger partial charge on any atom is -0.366 e. The van der Waals surface area contributed by atoms with Crippen molar-refractivity contribution in [3.63, 3.8) is 0 Å². The van der Waals surface area contributed by atoms with Crippen LogP contribution in [0.5, 0.6) is 0 Å². The summed E-state index contributed by atoms with van der Waals surface area (Å²) in [7, 11) is 0. The maximum absolute atomic E-state index is 13.3. The van der Waals surface area contributed by atoms with E-state index in [4.69, 9.17) is 11.6 Å². The van der Waals surface area contributed by atoms with Gasteiger partial charge in [-0.05, 0) is 38.0 Å². The van der Waals surface area contributed by atoms with Crippen molar-refractivity contribution in [1.29, 1.82) is 0 Å². The lowest BCUT2D eigenvalue weighted by molar-refractivity contribution is 0.254. The summed E-state index contributed by atoms with van der Waals surface area (Å²) < 4.78 is 13.3. The molecule has 1 atom stereocenters. The first-order valence-corrected chi connectivity index (χ1v) is 7.36. The van der Waals surface area contributed by atoms with Crippen LogP contribution in [0.25, 0.3) is 0 Å². The fourth-order valence-corrected chi connectivity index (χ4v) is 2.92. The van der Waals surface area contributed by atoms with E-state index in [-0.39, 0.29) is 16.4 Å². The number of piperazine rings is 1. The molecule has 1 aliphatic rings. The molecule has 1 aromatic carbocycles. The van der Waals surface area contributed by atoms with Crippen LogP contribution in [0.15, 0.2) is 18.2 Å². The number of halogens is 2. The topological polar surface area (TPSA) is 15.3 Å². The monoisotopic (exact) mass is 284 g/mol. The van der Waals surface area contributed by atoms with E-state index in [0.29, 0.717) is 6.04 Å². The second-order valence-electron chi connectivity index (χ2n) is 5.44. The van der Waals surface area contributed by atoms with Crippen molar-refractivity contribution in [1.82, 2.24) is 5.32 Å². The van der Waals surface area contributed by atoms with Gasteiger partial charge in [0.15, 0.2) is 0 Å². The third-order valence-electron chi connectivity index (χ3n) is 4.37. The smallest absolute Gasteiger partial charge is 0.141 e. The number of anilines is 1. The molecule has 1 fully saturated rings. The van der Waals surface area contributed by atoms with Crippen LogP contribution in [0.3, 0.4) is 0 Å². The fraction of sp³-hybridized carbons (Fsp3) is 0.600. The summed E-state index contributed by atoms with van der Waals surface area (Å²) in [5.41, 5.74) is 1.15. The number of hydrogen-bond acceptors (Lipinski definition) is 2. The molecule has 1 N–H and O–H groups in total. The number of nitrogens with zero attached hydrogens (tertiary/aromatic N) is 1. The summed E-state index contributed by atoms with van der Waals surface area (Å²) in [4.78, 5) is 2.33. The summed E-state index contributed by atoms with van der Waals surface area (Å²) >= 11 is 5.90. The van der Waals surface area contributed by atoms with Gasteiger partial charge in [0.05, 0.1) is 5.02 Å². The SMILES string of the molecule is CCC1(CC)CN(c2ccc(F)c(Cl)c2)C(C)CN1. The number of hydrogen-bond donors (Lipinski definition) is 1. The highest BCUT2D eigenvalue weighted by molar-refractivity contribution is 6.31. The van der Waals surface area contributed by atoms with Gasteiger partial charge in [-0.2, -0.15) is 0 Å². The third-order valence-corrected chi connectivity index (χ3v) is 4.66. The van der Waals surface area contributed by atoms with E-state index in [2.05, 4.69) is 31.0 Å². The van der Waals surface area contributed by atoms with Crippen molar-refractivity contribution in [2.45, 2.75) is 45.2 Å². The minimum absolute atomic E-state index is 0.146. The molecule has 0 spiro atoms. The number of rotatable bonds is 3. The Morgan fingerprint density at radius 3 is 2.68 bits per heavy atom. The molecule has 1 heterocycles. The van der Waals surface area contributed by atoms with E-state index in [9.17, 15) is 4.39 Å². The Balaban J connectivity index is 2.28. The van der Waals surface area contributed by atoms with Crippen LogP contribution in [0.2, 0.25) is 5.02 Å². The molecule has 0 bridgehead atoms. The zero-order valence-corrected chi connectivity index (χ0v) is 12.6. The van der Waals surface area contributed by atoms with E-state index >= 15 is 0 Å². The Morgan fingerprint density at radius 1 is 1.42 bits per heavy atom. The van der Waals surface area contributed by atoms with Crippen molar-refractivity contribution >= 4 is 17.3 Å².